The van der Waals surface area contributed by atoms with Crippen molar-refractivity contribution in [2.45, 2.75) is 0 Å². The second-order valence-electron chi connectivity index (χ2n) is 14.3. The third-order valence-corrected chi connectivity index (χ3v) is 11.3. The normalized spacial score (nSPS) is 12.0. The van der Waals surface area contributed by atoms with E-state index in [1.807, 2.05) is 6.07 Å². The first-order valence-electron chi connectivity index (χ1n) is 18.7. The van der Waals surface area contributed by atoms with E-state index in [2.05, 4.69) is 196 Å². The molecule has 0 unspecified atom stereocenters. The van der Waals surface area contributed by atoms with Gasteiger partial charge in [-0.3, -0.25) is 4.40 Å². The van der Waals surface area contributed by atoms with Gasteiger partial charge in [-0.2, -0.15) is 0 Å². The zero-order valence-corrected chi connectivity index (χ0v) is 29.6. The highest BCUT2D eigenvalue weighted by Gasteiger charge is 2.19. The van der Waals surface area contributed by atoms with Crippen molar-refractivity contribution in [1.82, 2.24) is 23.5 Å². The van der Waals surface area contributed by atoms with Crippen molar-refractivity contribution < 1.29 is 0 Å². The molecule has 0 saturated heterocycles. The molecule has 0 amide bonds. The Morgan fingerprint density at radius 1 is 0.345 bits per heavy atom. The van der Waals surface area contributed by atoms with Gasteiger partial charge in [0.2, 0.25) is 0 Å². The SMILES string of the molecule is c1ccc2c(c1)nc(-c1ccc(-n3c4ccccc4c4ccccc43)cc1)c1c2nc2ccc(-c3ccc(-n4c5ccccc5c5ccccc54)cc3)cn21. The van der Waals surface area contributed by atoms with Crippen LogP contribution in [0.4, 0.5) is 0 Å². The summed E-state index contributed by atoms with van der Waals surface area (Å²) in [6, 6.07) is 64.9. The predicted molar refractivity (Wildman–Crippen MR) is 228 cm³/mol. The Kier molecular flexibility index (Phi) is 6.27. The van der Waals surface area contributed by atoms with Crippen LogP contribution >= 0.6 is 0 Å². The Hall–Kier alpha value is -7.50. The third kappa shape index (κ3) is 4.41. The van der Waals surface area contributed by atoms with Crippen molar-refractivity contribution in [2.75, 3.05) is 0 Å². The number of fused-ring (bicyclic) bond motifs is 11. The number of nitrogens with zero attached hydrogens (tertiary/aromatic N) is 5. The van der Waals surface area contributed by atoms with Crippen molar-refractivity contribution >= 4 is 71.2 Å². The monoisotopic (exact) mass is 701 g/mol. The smallest absolute Gasteiger partial charge is 0.138 e. The molecule has 12 rings (SSSR count). The molecule has 0 aliphatic carbocycles. The van der Waals surface area contributed by atoms with Gasteiger partial charge < -0.3 is 9.13 Å². The van der Waals surface area contributed by atoms with Gasteiger partial charge in [-0.25, -0.2) is 9.97 Å². The highest BCUT2D eigenvalue weighted by molar-refractivity contribution is 6.11. The van der Waals surface area contributed by atoms with Crippen LogP contribution in [0.3, 0.4) is 0 Å². The van der Waals surface area contributed by atoms with Crippen LogP contribution in [0.25, 0.3) is 105 Å². The van der Waals surface area contributed by atoms with Crippen LogP contribution in [-0.2, 0) is 0 Å². The lowest BCUT2D eigenvalue weighted by atomic mass is 10.1. The van der Waals surface area contributed by atoms with Crippen LogP contribution in [0.5, 0.6) is 0 Å². The van der Waals surface area contributed by atoms with Gasteiger partial charge in [-0.1, -0.05) is 115 Å². The van der Waals surface area contributed by atoms with Crippen LogP contribution in [0.1, 0.15) is 0 Å². The second-order valence-corrected chi connectivity index (χ2v) is 14.3. The van der Waals surface area contributed by atoms with E-state index in [9.17, 15) is 0 Å². The molecule has 7 aromatic carbocycles. The first-order chi connectivity index (χ1) is 27.3. The minimum absolute atomic E-state index is 0.891. The fraction of sp³-hybridized carbons (Fsp3) is 0. The topological polar surface area (TPSA) is 40.0 Å². The van der Waals surface area contributed by atoms with Crippen molar-refractivity contribution in [1.29, 1.82) is 0 Å². The predicted octanol–water partition coefficient (Wildman–Crippen LogP) is 12.6. The van der Waals surface area contributed by atoms with Gasteiger partial charge in [0, 0.05) is 50.1 Å². The fourth-order valence-corrected chi connectivity index (χ4v) is 8.75. The van der Waals surface area contributed by atoms with Crippen molar-refractivity contribution in [3.05, 3.63) is 188 Å². The molecule has 5 heteroatoms. The minimum atomic E-state index is 0.891. The van der Waals surface area contributed by atoms with Crippen LogP contribution in [-0.4, -0.2) is 23.5 Å². The first kappa shape index (κ1) is 30.0. The van der Waals surface area contributed by atoms with Gasteiger partial charge >= 0.3 is 0 Å². The highest BCUT2D eigenvalue weighted by atomic mass is 15.0. The van der Waals surface area contributed by atoms with E-state index in [1.165, 1.54) is 43.6 Å². The van der Waals surface area contributed by atoms with Gasteiger partial charge in [-0.15, -0.1) is 0 Å². The molecular weight excluding hydrogens is 671 g/mol. The molecule has 0 saturated carbocycles. The zero-order chi connectivity index (χ0) is 36.0. The summed E-state index contributed by atoms with van der Waals surface area (Å²) >= 11 is 0. The van der Waals surface area contributed by atoms with Crippen LogP contribution in [0, 0.1) is 0 Å². The molecule has 0 aliphatic heterocycles. The summed E-state index contributed by atoms with van der Waals surface area (Å²) in [7, 11) is 0. The Morgan fingerprint density at radius 2 is 0.782 bits per heavy atom. The summed E-state index contributed by atoms with van der Waals surface area (Å²) in [4.78, 5) is 10.5. The minimum Gasteiger partial charge on any atom is -0.309 e. The summed E-state index contributed by atoms with van der Waals surface area (Å²) in [5, 5.41) is 6.07. The van der Waals surface area contributed by atoms with Crippen molar-refractivity contribution in [2.24, 2.45) is 0 Å². The van der Waals surface area contributed by atoms with Gasteiger partial charge in [-0.05, 0) is 77.9 Å². The molecule has 0 radical (unpaired) electrons. The van der Waals surface area contributed by atoms with Crippen LogP contribution in [0.15, 0.2) is 188 Å². The molecule has 0 fully saturated rings. The lowest BCUT2D eigenvalue weighted by molar-refractivity contribution is 1.18. The summed E-state index contributed by atoms with van der Waals surface area (Å²) in [6.45, 7) is 0. The number of imidazole rings is 1. The molecule has 0 N–H and O–H groups in total. The Bertz CT molecular complexity index is 3370. The quantitative estimate of drug-likeness (QED) is 0.183. The Morgan fingerprint density at radius 3 is 1.31 bits per heavy atom. The first-order valence-corrected chi connectivity index (χ1v) is 18.7. The van der Waals surface area contributed by atoms with Crippen molar-refractivity contribution in [3.63, 3.8) is 0 Å². The number of hydrogen-bond donors (Lipinski definition) is 0. The van der Waals surface area contributed by atoms with E-state index in [4.69, 9.17) is 9.97 Å². The number of para-hydroxylation sites is 5. The standard InChI is InChI=1S/C50H31N5/c1-6-16-42-41(15-1)49-50(48(51-42)33-23-28-36(29-24-33)55-45-19-9-4-13-39(45)40-14-5-10-20-46(40)55)53-31-34(25-30-47(53)52-49)32-21-26-35(27-22-32)54-43-17-7-2-11-37(43)38-12-3-8-18-44(38)54/h1-31H. The summed E-state index contributed by atoms with van der Waals surface area (Å²) in [5.41, 5.74) is 15.0. The summed E-state index contributed by atoms with van der Waals surface area (Å²) < 4.78 is 6.93. The molecule has 5 nitrogen and oxygen atoms in total. The average molecular weight is 702 g/mol. The van der Waals surface area contributed by atoms with Gasteiger partial charge in [0.1, 0.15) is 11.2 Å². The number of benzene rings is 7. The Labute approximate surface area is 315 Å². The fourth-order valence-electron chi connectivity index (χ4n) is 8.75. The van der Waals surface area contributed by atoms with Gasteiger partial charge in [0.15, 0.2) is 0 Å². The average Bonchev–Trinajstić information content (AvgIpc) is 3.92. The zero-order valence-electron chi connectivity index (χ0n) is 29.6. The van der Waals surface area contributed by atoms with Crippen LogP contribution in [0.2, 0.25) is 0 Å². The molecule has 256 valence electrons. The van der Waals surface area contributed by atoms with E-state index >= 15 is 0 Å². The molecule has 0 bridgehead atoms. The summed E-state index contributed by atoms with van der Waals surface area (Å²) in [5.74, 6) is 0. The van der Waals surface area contributed by atoms with Gasteiger partial charge in [0.25, 0.3) is 0 Å². The molecular formula is C50H31N5. The van der Waals surface area contributed by atoms with Gasteiger partial charge in [0.05, 0.1) is 38.8 Å². The molecule has 5 heterocycles. The number of pyridine rings is 2. The molecule has 0 aliphatic rings. The maximum absolute atomic E-state index is 5.31. The molecule has 55 heavy (non-hydrogen) atoms. The van der Waals surface area contributed by atoms with E-state index in [1.54, 1.807) is 0 Å². The lowest BCUT2D eigenvalue weighted by Gasteiger charge is -2.11. The largest absolute Gasteiger partial charge is 0.309 e. The third-order valence-electron chi connectivity index (χ3n) is 11.3. The Balaban J connectivity index is 1.00. The maximum Gasteiger partial charge on any atom is 0.138 e. The van der Waals surface area contributed by atoms with E-state index in [0.717, 1.165) is 61.3 Å². The number of hydrogen-bond acceptors (Lipinski definition) is 2. The molecule has 0 atom stereocenters. The van der Waals surface area contributed by atoms with E-state index in [-0.39, 0.29) is 0 Å². The van der Waals surface area contributed by atoms with Crippen molar-refractivity contribution in [3.8, 4) is 33.8 Å². The van der Waals surface area contributed by atoms with Crippen LogP contribution < -0.4 is 0 Å². The summed E-state index contributed by atoms with van der Waals surface area (Å²) in [6.07, 6.45) is 2.21. The lowest BCUT2D eigenvalue weighted by Crippen LogP contribution is -1.96. The van der Waals surface area contributed by atoms with E-state index in [0.29, 0.717) is 0 Å². The number of aromatic nitrogens is 5. The molecule has 5 aromatic heterocycles. The maximum atomic E-state index is 5.31. The van der Waals surface area contributed by atoms with E-state index < -0.39 is 0 Å². The highest BCUT2D eigenvalue weighted by Crippen LogP contribution is 2.37. The molecule has 12 aromatic rings. The molecule has 0 spiro atoms. The number of rotatable bonds is 4. The second kappa shape index (κ2) is 11.5.